The lowest BCUT2D eigenvalue weighted by atomic mass is 10.0. The molecule has 7 heteroatoms. The number of carboxylic acid groups (broad SMARTS) is 1. The van der Waals surface area contributed by atoms with E-state index >= 15 is 0 Å². The Bertz CT molecular complexity index is 956. The van der Waals surface area contributed by atoms with Crippen LogP contribution in [-0.4, -0.2) is 26.0 Å². The highest BCUT2D eigenvalue weighted by Crippen LogP contribution is 2.29. The van der Waals surface area contributed by atoms with Gasteiger partial charge in [-0.1, -0.05) is 29.4 Å². The van der Waals surface area contributed by atoms with Gasteiger partial charge in [0.2, 0.25) is 0 Å². The van der Waals surface area contributed by atoms with E-state index in [2.05, 4.69) is 10.3 Å². The Kier molecular flexibility index (Phi) is 3.69. The molecule has 0 unspecified atom stereocenters. The van der Waals surface area contributed by atoms with Gasteiger partial charge in [0.15, 0.2) is 5.52 Å². The first-order chi connectivity index (χ1) is 11.0. The van der Waals surface area contributed by atoms with E-state index in [1.54, 1.807) is 6.92 Å². The number of hydrogen-bond acceptors (Lipinski definition) is 5. The van der Waals surface area contributed by atoms with Crippen molar-refractivity contribution in [3.63, 3.8) is 0 Å². The van der Waals surface area contributed by atoms with Gasteiger partial charge in [0.25, 0.3) is 5.56 Å². The summed E-state index contributed by atoms with van der Waals surface area (Å²) in [4.78, 5) is 23.2. The summed E-state index contributed by atoms with van der Waals surface area (Å²) < 4.78 is 6.30. The maximum Gasteiger partial charge on any atom is 0.305 e. The third kappa shape index (κ3) is 2.61. The molecule has 1 aromatic carbocycles. The van der Waals surface area contributed by atoms with Crippen LogP contribution in [0.5, 0.6) is 0 Å². The van der Waals surface area contributed by atoms with Crippen molar-refractivity contribution in [2.45, 2.75) is 26.8 Å². The van der Waals surface area contributed by atoms with Crippen LogP contribution in [0.1, 0.15) is 17.7 Å². The molecule has 0 spiro atoms. The Balaban J connectivity index is 2.29. The first-order valence-electron chi connectivity index (χ1n) is 7.14. The van der Waals surface area contributed by atoms with E-state index in [1.807, 2.05) is 31.2 Å². The van der Waals surface area contributed by atoms with Gasteiger partial charge in [-0.15, -0.1) is 0 Å². The Morgan fingerprint density at radius 1 is 1.30 bits per heavy atom. The number of benzene rings is 1. The third-order valence-electron chi connectivity index (χ3n) is 3.69. The molecule has 2 heterocycles. The Hall–Kier alpha value is -2.96. The largest absolute Gasteiger partial charge is 0.481 e. The molecule has 3 aromatic rings. The van der Waals surface area contributed by atoms with Crippen LogP contribution < -0.4 is 5.56 Å². The van der Waals surface area contributed by atoms with Gasteiger partial charge in [0.1, 0.15) is 11.5 Å². The molecule has 7 nitrogen and oxygen atoms in total. The van der Waals surface area contributed by atoms with Gasteiger partial charge in [-0.2, -0.15) is 5.10 Å². The maximum atomic E-state index is 12.4. The van der Waals surface area contributed by atoms with Gasteiger partial charge in [0.05, 0.1) is 18.4 Å². The summed E-state index contributed by atoms with van der Waals surface area (Å²) >= 11 is 0. The lowest BCUT2D eigenvalue weighted by Gasteiger charge is -2.09. The van der Waals surface area contributed by atoms with E-state index in [9.17, 15) is 9.59 Å². The highest BCUT2D eigenvalue weighted by Gasteiger charge is 2.19. The van der Waals surface area contributed by atoms with Crippen LogP contribution in [0, 0.1) is 13.8 Å². The van der Waals surface area contributed by atoms with Crippen molar-refractivity contribution in [3.8, 4) is 11.3 Å². The molecular formula is C16H15N3O4. The van der Waals surface area contributed by atoms with Crippen molar-refractivity contribution in [1.29, 1.82) is 0 Å². The van der Waals surface area contributed by atoms with Gasteiger partial charge in [-0.05, 0) is 19.4 Å². The zero-order chi connectivity index (χ0) is 16.6. The van der Waals surface area contributed by atoms with Gasteiger partial charge in [0, 0.05) is 5.56 Å². The molecule has 2 aromatic heterocycles. The first kappa shape index (κ1) is 15.0. The summed E-state index contributed by atoms with van der Waals surface area (Å²) in [6.45, 7) is 3.65. The number of aromatic nitrogens is 3. The van der Waals surface area contributed by atoms with Crippen molar-refractivity contribution >= 4 is 16.9 Å². The van der Waals surface area contributed by atoms with Crippen LogP contribution in [-0.2, 0) is 11.3 Å². The Labute approximate surface area is 131 Å². The summed E-state index contributed by atoms with van der Waals surface area (Å²) in [6.07, 6.45) is -0.192. The smallest absolute Gasteiger partial charge is 0.305 e. The van der Waals surface area contributed by atoms with E-state index in [4.69, 9.17) is 9.63 Å². The topological polar surface area (TPSA) is 98.2 Å². The summed E-state index contributed by atoms with van der Waals surface area (Å²) in [5.41, 5.74) is 2.14. The van der Waals surface area contributed by atoms with Crippen LogP contribution in [0.25, 0.3) is 22.2 Å². The van der Waals surface area contributed by atoms with Crippen LogP contribution in [0.2, 0.25) is 0 Å². The predicted octanol–water partition coefficient (Wildman–Crippen LogP) is 2.14. The van der Waals surface area contributed by atoms with Crippen molar-refractivity contribution in [2.24, 2.45) is 0 Å². The summed E-state index contributed by atoms with van der Waals surface area (Å²) in [7, 11) is 0. The number of rotatable bonds is 4. The van der Waals surface area contributed by atoms with Crippen LogP contribution in [0.3, 0.4) is 0 Å². The minimum Gasteiger partial charge on any atom is -0.481 e. The Morgan fingerprint density at radius 2 is 2.04 bits per heavy atom. The van der Waals surface area contributed by atoms with Crippen molar-refractivity contribution < 1.29 is 14.4 Å². The quantitative estimate of drug-likeness (QED) is 0.792. The lowest BCUT2D eigenvalue weighted by molar-refractivity contribution is -0.137. The number of carboxylic acids is 1. The van der Waals surface area contributed by atoms with Gasteiger partial charge >= 0.3 is 5.97 Å². The van der Waals surface area contributed by atoms with E-state index in [1.165, 1.54) is 0 Å². The molecule has 0 aliphatic heterocycles. The van der Waals surface area contributed by atoms with Crippen molar-refractivity contribution in [1.82, 2.24) is 14.9 Å². The highest BCUT2D eigenvalue weighted by atomic mass is 16.5. The molecule has 0 amide bonds. The molecule has 0 saturated heterocycles. The van der Waals surface area contributed by atoms with Crippen LogP contribution in [0.15, 0.2) is 33.6 Å². The fourth-order valence-electron chi connectivity index (χ4n) is 2.52. The second kappa shape index (κ2) is 5.68. The number of carbonyl (C=O) groups is 1. The zero-order valence-electron chi connectivity index (χ0n) is 12.7. The molecule has 118 valence electrons. The molecule has 0 bridgehead atoms. The molecule has 0 radical (unpaired) electrons. The number of aliphatic carboxylic acids is 1. The first-order valence-corrected chi connectivity index (χ1v) is 7.14. The van der Waals surface area contributed by atoms with E-state index in [0.29, 0.717) is 16.8 Å². The molecule has 0 saturated carbocycles. The lowest BCUT2D eigenvalue weighted by Crippen LogP contribution is -2.25. The molecular weight excluding hydrogens is 298 g/mol. The third-order valence-corrected chi connectivity index (χ3v) is 3.69. The second-order valence-electron chi connectivity index (χ2n) is 5.30. The average Bonchev–Trinajstić information content (AvgIpc) is 2.90. The average molecular weight is 313 g/mol. The second-order valence-corrected chi connectivity index (χ2v) is 5.30. The highest BCUT2D eigenvalue weighted by molar-refractivity contribution is 5.93. The van der Waals surface area contributed by atoms with Crippen molar-refractivity contribution in [2.75, 3.05) is 0 Å². The minimum atomic E-state index is -0.993. The number of aryl methyl sites for hydroxylation is 3. The summed E-state index contributed by atoms with van der Waals surface area (Å²) in [5, 5.41) is 17.6. The van der Waals surface area contributed by atoms with Crippen LogP contribution in [0.4, 0.5) is 0 Å². The number of fused-ring (bicyclic) bond motifs is 1. The minimum absolute atomic E-state index is 0.0190. The molecule has 23 heavy (non-hydrogen) atoms. The van der Waals surface area contributed by atoms with Crippen molar-refractivity contribution in [3.05, 3.63) is 45.9 Å². The standard InChI is InChI=1S/C16H15N3O4/c1-9-5-3-4-6-11(9)14-13-10(2)23-18-15(13)16(22)19(17-14)8-7-12(20)21/h3-6H,7-8H2,1-2H3,(H,20,21). The Morgan fingerprint density at radius 3 is 2.74 bits per heavy atom. The maximum absolute atomic E-state index is 12.4. The number of hydrogen-bond donors (Lipinski definition) is 1. The van der Waals surface area contributed by atoms with E-state index < -0.39 is 11.5 Å². The molecule has 3 rings (SSSR count). The van der Waals surface area contributed by atoms with Gasteiger partial charge < -0.3 is 9.63 Å². The van der Waals surface area contributed by atoms with Gasteiger partial charge in [-0.25, -0.2) is 4.68 Å². The zero-order valence-corrected chi connectivity index (χ0v) is 12.7. The van der Waals surface area contributed by atoms with Gasteiger partial charge in [-0.3, -0.25) is 9.59 Å². The molecule has 0 aliphatic carbocycles. The fourth-order valence-corrected chi connectivity index (χ4v) is 2.52. The molecule has 1 N–H and O–H groups in total. The van der Waals surface area contributed by atoms with E-state index in [0.717, 1.165) is 15.8 Å². The molecule has 0 atom stereocenters. The summed E-state index contributed by atoms with van der Waals surface area (Å²) in [5.74, 6) is -0.485. The SMILES string of the molecule is Cc1ccccc1-c1nn(CCC(=O)O)c(=O)c2noc(C)c12. The fraction of sp³-hybridized carbons (Fsp3) is 0.250. The number of nitrogens with zero attached hydrogens (tertiary/aromatic N) is 3. The van der Waals surface area contributed by atoms with Crippen LogP contribution >= 0.6 is 0 Å². The van der Waals surface area contributed by atoms with E-state index in [-0.39, 0.29) is 18.5 Å². The molecule has 0 fully saturated rings. The normalized spacial score (nSPS) is 11.0. The summed E-state index contributed by atoms with van der Waals surface area (Å²) in [6, 6.07) is 7.64. The monoisotopic (exact) mass is 313 g/mol. The predicted molar refractivity (Wildman–Crippen MR) is 83.2 cm³/mol. The molecule has 0 aliphatic rings.